The van der Waals surface area contributed by atoms with Crippen molar-refractivity contribution in [1.29, 1.82) is 0 Å². The molecule has 1 heterocycles. The Kier molecular flexibility index (Phi) is 9.25. The lowest BCUT2D eigenvalue weighted by Crippen LogP contribution is -2.30. The lowest BCUT2D eigenvalue weighted by atomic mass is 10.2. The molecule has 39 heavy (non-hydrogen) atoms. The Morgan fingerprint density at radius 1 is 0.897 bits per heavy atom. The molecule has 3 N–H and O–H groups in total. The molecule has 0 spiro atoms. The van der Waals surface area contributed by atoms with Crippen LogP contribution in [0.4, 0.5) is 11.4 Å². The molecule has 3 amide bonds. The summed E-state index contributed by atoms with van der Waals surface area (Å²) in [5.74, 6) is -0.671. The van der Waals surface area contributed by atoms with Crippen LogP contribution in [0.2, 0.25) is 5.02 Å². The molecule has 4 rings (SSSR count). The van der Waals surface area contributed by atoms with Gasteiger partial charge >= 0.3 is 0 Å². The molecule has 198 valence electrons. The first-order chi connectivity index (χ1) is 18.8. The number of benzene rings is 3. The van der Waals surface area contributed by atoms with Crippen LogP contribution < -0.4 is 16.0 Å². The van der Waals surface area contributed by atoms with E-state index < -0.39 is 11.8 Å². The lowest BCUT2D eigenvalue weighted by Gasteiger charge is -2.14. The molecule has 1 unspecified atom stereocenters. The molecule has 1 aromatic heterocycles. The monoisotopic (exact) mass is 559 g/mol. The van der Waals surface area contributed by atoms with E-state index in [0.717, 1.165) is 10.5 Å². The third-order valence-electron chi connectivity index (χ3n) is 5.59. The van der Waals surface area contributed by atoms with Crippen molar-refractivity contribution >= 4 is 58.5 Å². The number of carbonyl (C=O) groups is 3. The topological polar surface area (TPSA) is 100 Å². The number of hydrogen-bond donors (Lipinski definition) is 3. The van der Waals surface area contributed by atoms with E-state index in [-0.39, 0.29) is 16.9 Å². The zero-order valence-corrected chi connectivity index (χ0v) is 22.8. The molecule has 4 aromatic rings. The van der Waals surface area contributed by atoms with Gasteiger partial charge in [0.05, 0.1) is 11.5 Å². The van der Waals surface area contributed by atoms with Crippen molar-refractivity contribution in [2.24, 2.45) is 0 Å². The van der Waals surface area contributed by atoms with E-state index in [1.54, 1.807) is 60.7 Å². The summed E-state index contributed by atoms with van der Waals surface area (Å²) in [5, 5.41) is 8.55. The van der Waals surface area contributed by atoms with Crippen LogP contribution in [-0.2, 0) is 9.59 Å². The molecule has 0 bridgehead atoms. The van der Waals surface area contributed by atoms with E-state index in [0.29, 0.717) is 27.7 Å². The highest BCUT2D eigenvalue weighted by Crippen LogP contribution is 2.27. The van der Waals surface area contributed by atoms with Gasteiger partial charge in [-0.15, -0.1) is 11.8 Å². The van der Waals surface area contributed by atoms with Crippen LogP contribution in [0, 0.1) is 6.92 Å². The van der Waals surface area contributed by atoms with Gasteiger partial charge in [0.25, 0.3) is 11.8 Å². The summed E-state index contributed by atoms with van der Waals surface area (Å²) >= 11 is 7.53. The van der Waals surface area contributed by atoms with E-state index in [4.69, 9.17) is 16.0 Å². The van der Waals surface area contributed by atoms with Gasteiger partial charge in [0.15, 0.2) is 0 Å². The van der Waals surface area contributed by atoms with Crippen molar-refractivity contribution in [2.75, 3.05) is 10.6 Å². The van der Waals surface area contributed by atoms with Crippen LogP contribution >= 0.6 is 23.4 Å². The van der Waals surface area contributed by atoms with Crippen LogP contribution in [-0.4, -0.2) is 23.0 Å². The lowest BCUT2D eigenvalue weighted by molar-refractivity contribution is -0.115. The van der Waals surface area contributed by atoms with Gasteiger partial charge in [0.1, 0.15) is 11.5 Å². The highest BCUT2D eigenvalue weighted by atomic mass is 35.5. The van der Waals surface area contributed by atoms with Crippen molar-refractivity contribution in [3.05, 3.63) is 119 Å². The maximum absolute atomic E-state index is 13.1. The van der Waals surface area contributed by atoms with Crippen LogP contribution in [0.3, 0.4) is 0 Å². The Labute approximate surface area is 235 Å². The van der Waals surface area contributed by atoms with Crippen LogP contribution in [0.1, 0.15) is 28.6 Å². The van der Waals surface area contributed by atoms with Crippen molar-refractivity contribution in [1.82, 2.24) is 5.32 Å². The van der Waals surface area contributed by atoms with Gasteiger partial charge in [0.2, 0.25) is 5.91 Å². The third-order valence-corrected chi connectivity index (χ3v) is 7.11. The number of furan rings is 1. The first-order valence-electron chi connectivity index (χ1n) is 12.0. The number of hydrogen-bond acceptors (Lipinski definition) is 5. The summed E-state index contributed by atoms with van der Waals surface area (Å²) < 4.78 is 5.32. The van der Waals surface area contributed by atoms with Gasteiger partial charge in [0, 0.05) is 32.9 Å². The Morgan fingerprint density at radius 3 is 2.28 bits per heavy atom. The molecule has 7 nitrogen and oxygen atoms in total. The highest BCUT2D eigenvalue weighted by molar-refractivity contribution is 8.00. The van der Waals surface area contributed by atoms with E-state index in [1.807, 2.05) is 38.1 Å². The number of thioether (sulfide) groups is 1. The summed E-state index contributed by atoms with van der Waals surface area (Å²) in [6, 6.07) is 24.4. The van der Waals surface area contributed by atoms with Gasteiger partial charge in [-0.2, -0.15) is 0 Å². The summed E-state index contributed by atoms with van der Waals surface area (Å²) in [5.41, 5.74) is 2.54. The molecule has 0 aliphatic carbocycles. The largest absolute Gasteiger partial charge is 0.465 e. The molecule has 0 saturated carbocycles. The van der Waals surface area contributed by atoms with Gasteiger partial charge in [-0.1, -0.05) is 35.9 Å². The highest BCUT2D eigenvalue weighted by Gasteiger charge is 2.17. The molecule has 1 atom stereocenters. The maximum Gasteiger partial charge on any atom is 0.272 e. The predicted molar refractivity (Wildman–Crippen MR) is 156 cm³/mol. The first kappa shape index (κ1) is 27.8. The van der Waals surface area contributed by atoms with E-state index in [2.05, 4.69) is 16.0 Å². The second-order valence-corrected chi connectivity index (χ2v) is 10.4. The van der Waals surface area contributed by atoms with Crippen molar-refractivity contribution in [3.8, 4) is 0 Å². The van der Waals surface area contributed by atoms with Gasteiger partial charge < -0.3 is 20.4 Å². The number of carbonyl (C=O) groups excluding carboxylic acids is 3. The number of aryl methyl sites for hydroxylation is 1. The molecule has 0 fully saturated rings. The van der Waals surface area contributed by atoms with Crippen LogP contribution in [0.25, 0.3) is 6.08 Å². The normalized spacial score (nSPS) is 11.9. The fourth-order valence-electron chi connectivity index (χ4n) is 3.45. The zero-order chi connectivity index (χ0) is 27.8. The average molecular weight is 560 g/mol. The molecular formula is C30H26ClN3O4S. The SMILES string of the molecule is Cc1ccc(NC(=O)C(C)Sc2ccc(NC(=O)/C(=C/c3ccco3)NC(=O)c3ccccc3)cc2)cc1Cl. The predicted octanol–water partition coefficient (Wildman–Crippen LogP) is 6.77. The number of anilines is 2. The fraction of sp³-hybridized carbons (Fsp3) is 0.100. The number of nitrogens with one attached hydrogen (secondary N) is 3. The van der Waals surface area contributed by atoms with Crippen molar-refractivity contribution in [3.63, 3.8) is 0 Å². The molecule has 0 saturated heterocycles. The summed E-state index contributed by atoms with van der Waals surface area (Å²) in [7, 11) is 0. The standard InChI is InChI=1S/C30H26ClN3O4S/c1-19-10-11-23(17-26(19)31)33-28(35)20(2)39-25-14-12-22(13-15-25)32-30(37)27(18-24-9-6-16-38-24)34-29(36)21-7-4-3-5-8-21/h3-18,20H,1-2H3,(H,32,37)(H,33,35)(H,34,36)/b27-18-. The van der Waals surface area contributed by atoms with Crippen molar-refractivity contribution in [2.45, 2.75) is 24.0 Å². The third kappa shape index (κ3) is 7.86. The van der Waals surface area contributed by atoms with E-state index >= 15 is 0 Å². The van der Waals surface area contributed by atoms with Gasteiger partial charge in [-0.3, -0.25) is 14.4 Å². The summed E-state index contributed by atoms with van der Waals surface area (Å²) in [6.07, 6.45) is 2.94. The molecule has 0 aliphatic rings. The summed E-state index contributed by atoms with van der Waals surface area (Å²) in [6.45, 7) is 3.71. The Balaban J connectivity index is 1.39. The Bertz CT molecular complexity index is 1490. The first-order valence-corrected chi connectivity index (χ1v) is 13.3. The molecule has 9 heteroatoms. The quantitative estimate of drug-likeness (QED) is 0.155. The van der Waals surface area contributed by atoms with E-state index in [1.165, 1.54) is 24.1 Å². The van der Waals surface area contributed by atoms with Crippen molar-refractivity contribution < 1.29 is 18.8 Å². The molecule has 0 radical (unpaired) electrons. The fourth-order valence-corrected chi connectivity index (χ4v) is 4.49. The Morgan fingerprint density at radius 2 is 1.62 bits per heavy atom. The second-order valence-electron chi connectivity index (χ2n) is 8.59. The van der Waals surface area contributed by atoms with Gasteiger partial charge in [-0.25, -0.2) is 0 Å². The van der Waals surface area contributed by atoms with Crippen LogP contribution in [0.5, 0.6) is 0 Å². The number of rotatable bonds is 9. The molecule has 0 aliphatic heterocycles. The minimum atomic E-state index is -0.513. The van der Waals surface area contributed by atoms with Gasteiger partial charge in [-0.05, 0) is 80.1 Å². The second kappa shape index (κ2) is 13.0. The summed E-state index contributed by atoms with van der Waals surface area (Å²) in [4.78, 5) is 39.2. The minimum absolute atomic E-state index is 0.0266. The molecule has 3 aromatic carbocycles. The maximum atomic E-state index is 13.1. The minimum Gasteiger partial charge on any atom is -0.465 e. The van der Waals surface area contributed by atoms with Crippen LogP contribution in [0.15, 0.2) is 106 Å². The number of halogens is 1. The number of amides is 3. The zero-order valence-electron chi connectivity index (χ0n) is 21.2. The smallest absolute Gasteiger partial charge is 0.272 e. The average Bonchev–Trinajstić information content (AvgIpc) is 3.45. The molecular weight excluding hydrogens is 534 g/mol. The van der Waals surface area contributed by atoms with E-state index in [9.17, 15) is 14.4 Å². The Hall–Kier alpha value is -4.27.